The molecule has 23 heavy (non-hydrogen) atoms. The molecular weight excluding hydrogens is 308 g/mol. The minimum atomic E-state index is -0.269. The van der Waals surface area contributed by atoms with Crippen molar-refractivity contribution in [2.75, 3.05) is 13.6 Å². The van der Waals surface area contributed by atoms with E-state index in [9.17, 15) is 9.90 Å². The summed E-state index contributed by atoms with van der Waals surface area (Å²) in [5.41, 5.74) is 2.64. The van der Waals surface area contributed by atoms with Crippen LogP contribution in [0.1, 0.15) is 35.3 Å². The summed E-state index contributed by atoms with van der Waals surface area (Å²) in [6, 6.07) is 7.63. The number of hydrogen-bond donors (Lipinski definition) is 1. The molecule has 2 unspecified atom stereocenters. The first-order valence-corrected chi connectivity index (χ1v) is 8.88. The molecule has 1 aliphatic rings. The maximum atomic E-state index is 12.7. The minimum absolute atomic E-state index is 0.000715. The maximum absolute atomic E-state index is 12.7. The highest BCUT2D eigenvalue weighted by Gasteiger charge is 2.27. The molecule has 1 heterocycles. The Morgan fingerprint density at radius 2 is 2.26 bits per heavy atom. The number of benzene rings is 1. The Morgan fingerprint density at radius 1 is 1.43 bits per heavy atom. The second-order valence-corrected chi connectivity index (χ2v) is 7.18. The van der Waals surface area contributed by atoms with Gasteiger partial charge in [-0.1, -0.05) is 18.6 Å². The molecule has 1 N–H and O–H groups in total. The lowest BCUT2D eigenvalue weighted by Gasteiger charge is -2.23. The van der Waals surface area contributed by atoms with E-state index in [1.54, 1.807) is 16.2 Å². The minimum Gasteiger partial charge on any atom is -0.393 e. The molecule has 1 amide bonds. The van der Waals surface area contributed by atoms with Crippen LogP contribution in [0.15, 0.2) is 29.6 Å². The fraction of sp³-hybridized carbons (Fsp3) is 0.444. The molecule has 0 saturated heterocycles. The lowest BCUT2D eigenvalue weighted by Crippen LogP contribution is -2.34. The number of aryl methyl sites for hydroxylation is 1. The Hall–Kier alpha value is -1.72. The van der Waals surface area contributed by atoms with E-state index in [0.29, 0.717) is 12.1 Å². The molecule has 3 rings (SSSR count). The fourth-order valence-corrected chi connectivity index (χ4v) is 3.95. The van der Waals surface area contributed by atoms with Crippen LogP contribution in [0.2, 0.25) is 0 Å². The van der Waals surface area contributed by atoms with E-state index in [0.717, 1.165) is 35.5 Å². The lowest BCUT2D eigenvalue weighted by molar-refractivity contribution is 0.0693. The predicted molar refractivity (Wildman–Crippen MR) is 92.6 cm³/mol. The van der Waals surface area contributed by atoms with Gasteiger partial charge >= 0.3 is 0 Å². The quantitative estimate of drug-likeness (QED) is 0.935. The first kappa shape index (κ1) is 16.1. The van der Waals surface area contributed by atoms with Crippen LogP contribution in [-0.4, -0.2) is 40.6 Å². The Labute approximate surface area is 140 Å². The van der Waals surface area contributed by atoms with E-state index in [1.165, 1.54) is 0 Å². The molecule has 122 valence electrons. The SMILES string of the molecule is Cc1csc(-c2cccc(C(=O)N(C)CC3CCCC3O)c2)n1. The van der Waals surface area contributed by atoms with E-state index < -0.39 is 0 Å². The van der Waals surface area contributed by atoms with Gasteiger partial charge in [-0.2, -0.15) is 0 Å². The van der Waals surface area contributed by atoms with Gasteiger partial charge in [-0.25, -0.2) is 4.98 Å². The summed E-state index contributed by atoms with van der Waals surface area (Å²) in [4.78, 5) is 18.9. The molecule has 0 spiro atoms. The van der Waals surface area contributed by atoms with Crippen molar-refractivity contribution >= 4 is 17.2 Å². The monoisotopic (exact) mass is 330 g/mol. The van der Waals surface area contributed by atoms with Gasteiger partial charge in [0.2, 0.25) is 0 Å². The van der Waals surface area contributed by atoms with Gasteiger partial charge in [-0.05, 0) is 31.9 Å². The third-order valence-electron chi connectivity index (χ3n) is 4.45. The summed E-state index contributed by atoms with van der Waals surface area (Å²) >= 11 is 1.59. The molecule has 5 heteroatoms. The summed E-state index contributed by atoms with van der Waals surface area (Å²) in [5, 5.41) is 12.9. The Morgan fingerprint density at radius 3 is 2.91 bits per heavy atom. The predicted octanol–water partition coefficient (Wildman–Crippen LogP) is 3.35. The largest absolute Gasteiger partial charge is 0.393 e. The van der Waals surface area contributed by atoms with E-state index in [1.807, 2.05) is 43.6 Å². The topological polar surface area (TPSA) is 53.4 Å². The highest BCUT2D eigenvalue weighted by molar-refractivity contribution is 7.13. The number of aromatic nitrogens is 1. The summed E-state index contributed by atoms with van der Waals surface area (Å²) in [7, 11) is 1.81. The van der Waals surface area contributed by atoms with Crippen LogP contribution in [0.5, 0.6) is 0 Å². The third kappa shape index (κ3) is 3.62. The van der Waals surface area contributed by atoms with E-state index >= 15 is 0 Å². The van der Waals surface area contributed by atoms with Crippen LogP contribution in [0, 0.1) is 12.8 Å². The van der Waals surface area contributed by atoms with Crippen molar-refractivity contribution in [3.05, 3.63) is 40.9 Å². The Balaban J connectivity index is 1.74. The molecule has 2 aromatic rings. The van der Waals surface area contributed by atoms with Crippen molar-refractivity contribution in [1.29, 1.82) is 0 Å². The normalized spacial score (nSPS) is 20.7. The van der Waals surface area contributed by atoms with Crippen LogP contribution in [0.25, 0.3) is 10.6 Å². The zero-order valence-corrected chi connectivity index (χ0v) is 14.3. The van der Waals surface area contributed by atoms with Crippen molar-refractivity contribution in [1.82, 2.24) is 9.88 Å². The van der Waals surface area contributed by atoms with Crippen molar-refractivity contribution in [3.63, 3.8) is 0 Å². The van der Waals surface area contributed by atoms with Gasteiger partial charge in [-0.3, -0.25) is 4.79 Å². The number of amides is 1. The molecule has 1 aliphatic carbocycles. The number of carbonyl (C=O) groups is 1. The smallest absolute Gasteiger partial charge is 0.253 e. The number of nitrogens with zero attached hydrogens (tertiary/aromatic N) is 2. The molecule has 4 nitrogen and oxygen atoms in total. The second kappa shape index (κ2) is 6.81. The molecule has 1 saturated carbocycles. The number of aliphatic hydroxyl groups excluding tert-OH is 1. The zero-order chi connectivity index (χ0) is 16.4. The standard InChI is InChI=1S/C18H22N2O2S/c1-12-11-23-17(19-12)13-5-3-6-14(9-13)18(22)20(2)10-15-7-4-8-16(15)21/h3,5-6,9,11,15-16,21H,4,7-8,10H2,1-2H3. The van der Waals surface area contributed by atoms with E-state index in [4.69, 9.17) is 0 Å². The van der Waals surface area contributed by atoms with Gasteiger partial charge in [0.15, 0.2) is 0 Å². The number of carbonyl (C=O) groups excluding carboxylic acids is 1. The van der Waals surface area contributed by atoms with Crippen LogP contribution in [0.4, 0.5) is 0 Å². The van der Waals surface area contributed by atoms with Crippen molar-refractivity contribution in [2.24, 2.45) is 5.92 Å². The first-order chi connectivity index (χ1) is 11.0. The van der Waals surface area contributed by atoms with Crippen molar-refractivity contribution < 1.29 is 9.90 Å². The number of rotatable bonds is 4. The summed E-state index contributed by atoms with van der Waals surface area (Å²) < 4.78 is 0. The summed E-state index contributed by atoms with van der Waals surface area (Å²) in [6.45, 7) is 2.58. The van der Waals surface area contributed by atoms with Crippen LogP contribution >= 0.6 is 11.3 Å². The average molecular weight is 330 g/mol. The van der Waals surface area contributed by atoms with Crippen molar-refractivity contribution in [2.45, 2.75) is 32.3 Å². The first-order valence-electron chi connectivity index (χ1n) is 8.00. The average Bonchev–Trinajstić information content (AvgIpc) is 3.16. The molecular formula is C18H22N2O2S. The summed E-state index contributed by atoms with van der Waals surface area (Å²) in [5.74, 6) is 0.202. The van der Waals surface area contributed by atoms with Gasteiger partial charge in [0.1, 0.15) is 5.01 Å². The number of aliphatic hydroxyl groups is 1. The highest BCUT2D eigenvalue weighted by atomic mass is 32.1. The zero-order valence-electron chi connectivity index (χ0n) is 13.5. The summed E-state index contributed by atoms with van der Waals surface area (Å²) in [6.07, 6.45) is 2.63. The van der Waals surface area contributed by atoms with Gasteiger partial charge in [0, 0.05) is 41.7 Å². The molecule has 2 atom stereocenters. The lowest BCUT2D eigenvalue weighted by atomic mass is 10.0. The van der Waals surface area contributed by atoms with Gasteiger partial charge in [0.25, 0.3) is 5.91 Å². The highest BCUT2D eigenvalue weighted by Crippen LogP contribution is 2.27. The molecule has 0 aliphatic heterocycles. The molecule has 1 aromatic heterocycles. The maximum Gasteiger partial charge on any atom is 0.253 e. The van der Waals surface area contributed by atoms with E-state index in [-0.39, 0.29) is 17.9 Å². The molecule has 1 aromatic carbocycles. The number of thiazole rings is 1. The van der Waals surface area contributed by atoms with Crippen LogP contribution in [-0.2, 0) is 0 Å². The molecule has 0 bridgehead atoms. The second-order valence-electron chi connectivity index (χ2n) is 6.32. The van der Waals surface area contributed by atoms with Gasteiger partial charge < -0.3 is 10.0 Å². The van der Waals surface area contributed by atoms with Crippen LogP contribution in [0.3, 0.4) is 0 Å². The Bertz CT molecular complexity index is 698. The van der Waals surface area contributed by atoms with Gasteiger partial charge in [0.05, 0.1) is 6.10 Å². The molecule has 1 fully saturated rings. The van der Waals surface area contributed by atoms with Crippen LogP contribution < -0.4 is 0 Å². The third-order valence-corrected chi connectivity index (χ3v) is 5.46. The van der Waals surface area contributed by atoms with Crippen molar-refractivity contribution in [3.8, 4) is 10.6 Å². The number of hydrogen-bond acceptors (Lipinski definition) is 4. The molecule has 0 radical (unpaired) electrons. The van der Waals surface area contributed by atoms with Gasteiger partial charge in [-0.15, -0.1) is 11.3 Å². The fourth-order valence-electron chi connectivity index (χ4n) is 3.16. The van der Waals surface area contributed by atoms with E-state index in [2.05, 4.69) is 4.98 Å². The Kier molecular flexibility index (Phi) is 4.78.